The molecule has 3 rings (SSSR count). The Hall–Kier alpha value is -1.30. The van der Waals surface area contributed by atoms with Gasteiger partial charge in [0, 0.05) is 23.0 Å². The summed E-state index contributed by atoms with van der Waals surface area (Å²) in [5, 5.41) is 0.633. The molecule has 1 fully saturated rings. The zero-order chi connectivity index (χ0) is 15.3. The molecular formula is C15H18BClN2O2. The quantitative estimate of drug-likeness (QED) is 0.868. The molecule has 1 aliphatic rings. The monoisotopic (exact) mass is 304 g/mol. The van der Waals surface area contributed by atoms with Gasteiger partial charge in [0.25, 0.3) is 0 Å². The number of nitrogens with zero attached hydrogens (tertiary/aromatic N) is 1. The molecule has 0 saturated carbocycles. The molecule has 1 saturated heterocycles. The van der Waals surface area contributed by atoms with Gasteiger partial charge in [-0.1, -0.05) is 17.7 Å². The molecule has 21 heavy (non-hydrogen) atoms. The van der Waals surface area contributed by atoms with Crippen molar-refractivity contribution in [3.05, 3.63) is 35.6 Å². The first-order valence-corrected chi connectivity index (χ1v) is 7.32. The Balaban J connectivity index is 1.97. The Morgan fingerprint density at radius 2 is 1.76 bits per heavy atom. The molecular weight excluding hydrogens is 286 g/mol. The highest BCUT2D eigenvalue weighted by Gasteiger charge is 2.51. The summed E-state index contributed by atoms with van der Waals surface area (Å²) < 4.78 is 12.1. The highest BCUT2D eigenvalue weighted by Crippen LogP contribution is 2.36. The van der Waals surface area contributed by atoms with Gasteiger partial charge in [0.15, 0.2) is 0 Å². The maximum Gasteiger partial charge on any atom is 0.494 e. The summed E-state index contributed by atoms with van der Waals surface area (Å²) in [6.45, 7) is 8.13. The average molecular weight is 305 g/mol. The van der Waals surface area contributed by atoms with E-state index in [9.17, 15) is 0 Å². The number of H-pyrrole nitrogens is 1. The van der Waals surface area contributed by atoms with Crippen molar-refractivity contribution in [2.75, 3.05) is 0 Å². The van der Waals surface area contributed by atoms with Crippen LogP contribution in [-0.2, 0) is 9.31 Å². The molecule has 0 amide bonds. The van der Waals surface area contributed by atoms with E-state index in [1.165, 1.54) is 0 Å². The third-order valence-electron chi connectivity index (χ3n) is 4.22. The van der Waals surface area contributed by atoms with Crippen molar-refractivity contribution in [2.24, 2.45) is 0 Å². The van der Waals surface area contributed by atoms with E-state index in [4.69, 9.17) is 20.9 Å². The number of rotatable bonds is 2. The molecule has 1 aromatic heterocycles. The van der Waals surface area contributed by atoms with Crippen LogP contribution < -0.4 is 5.46 Å². The number of aromatic nitrogens is 2. The lowest BCUT2D eigenvalue weighted by Gasteiger charge is -2.32. The second-order valence-electron chi connectivity index (χ2n) is 6.30. The first-order valence-electron chi connectivity index (χ1n) is 6.94. The molecule has 0 bridgehead atoms. The summed E-state index contributed by atoms with van der Waals surface area (Å²) in [7, 11) is -0.428. The summed E-state index contributed by atoms with van der Waals surface area (Å²) >= 11 is 6.23. The Bertz CT molecular complexity index is 640. The van der Waals surface area contributed by atoms with Gasteiger partial charge < -0.3 is 14.3 Å². The van der Waals surface area contributed by atoms with Gasteiger partial charge in [0.1, 0.15) is 5.82 Å². The average Bonchev–Trinajstić information content (AvgIpc) is 2.96. The fourth-order valence-electron chi connectivity index (χ4n) is 2.29. The van der Waals surface area contributed by atoms with Crippen LogP contribution in [0.5, 0.6) is 0 Å². The largest absolute Gasteiger partial charge is 0.494 e. The van der Waals surface area contributed by atoms with E-state index in [1.54, 1.807) is 12.4 Å². The van der Waals surface area contributed by atoms with Crippen LogP contribution in [0, 0.1) is 0 Å². The maximum absolute atomic E-state index is 6.23. The van der Waals surface area contributed by atoms with Crippen molar-refractivity contribution in [1.82, 2.24) is 9.97 Å². The van der Waals surface area contributed by atoms with E-state index in [2.05, 4.69) is 9.97 Å². The van der Waals surface area contributed by atoms with Crippen molar-refractivity contribution < 1.29 is 9.31 Å². The molecule has 1 N–H and O–H groups in total. The molecule has 2 aromatic rings. The van der Waals surface area contributed by atoms with Crippen LogP contribution in [0.3, 0.4) is 0 Å². The van der Waals surface area contributed by atoms with Gasteiger partial charge in [0.2, 0.25) is 0 Å². The number of hydrogen-bond acceptors (Lipinski definition) is 3. The van der Waals surface area contributed by atoms with E-state index >= 15 is 0 Å². The predicted molar refractivity (Wildman–Crippen MR) is 84.7 cm³/mol. The van der Waals surface area contributed by atoms with Gasteiger partial charge >= 0.3 is 7.12 Å². The number of halogens is 1. The number of hydrogen-bond donors (Lipinski definition) is 1. The summed E-state index contributed by atoms with van der Waals surface area (Å²) in [6, 6.07) is 5.73. The van der Waals surface area contributed by atoms with Crippen molar-refractivity contribution in [2.45, 2.75) is 38.9 Å². The highest BCUT2D eigenvalue weighted by atomic mass is 35.5. The van der Waals surface area contributed by atoms with Crippen LogP contribution >= 0.6 is 11.6 Å². The number of imidazole rings is 1. The second kappa shape index (κ2) is 4.87. The third-order valence-corrected chi connectivity index (χ3v) is 4.44. The van der Waals surface area contributed by atoms with Crippen LogP contribution in [-0.4, -0.2) is 28.3 Å². The lowest BCUT2D eigenvalue weighted by molar-refractivity contribution is 0.00578. The first kappa shape index (κ1) is 14.6. The Labute approximate surface area is 130 Å². The lowest BCUT2D eigenvalue weighted by Crippen LogP contribution is -2.41. The van der Waals surface area contributed by atoms with Crippen LogP contribution in [0.25, 0.3) is 11.4 Å². The minimum atomic E-state index is -0.428. The van der Waals surface area contributed by atoms with Gasteiger partial charge in [-0.2, -0.15) is 0 Å². The SMILES string of the molecule is CC1(C)OB(c2cc(Cl)cc(-c3ncc[nH]3)c2)OC1(C)C. The Morgan fingerprint density at radius 3 is 2.33 bits per heavy atom. The van der Waals surface area contributed by atoms with Crippen molar-refractivity contribution in [3.63, 3.8) is 0 Å². The van der Waals surface area contributed by atoms with Crippen LogP contribution in [0.15, 0.2) is 30.6 Å². The van der Waals surface area contributed by atoms with Gasteiger partial charge in [-0.25, -0.2) is 4.98 Å². The standard InChI is InChI=1S/C15H18BClN2O2/c1-14(2)15(3,4)21-16(20-14)11-7-10(8-12(17)9-11)13-18-5-6-19-13/h5-9H,1-4H3,(H,18,19). The smallest absolute Gasteiger partial charge is 0.399 e. The Morgan fingerprint density at radius 1 is 1.10 bits per heavy atom. The van der Waals surface area contributed by atoms with E-state index in [1.807, 2.05) is 45.9 Å². The molecule has 0 aliphatic carbocycles. The van der Waals surface area contributed by atoms with Gasteiger partial charge in [-0.15, -0.1) is 0 Å². The number of benzene rings is 1. The van der Waals surface area contributed by atoms with Crippen molar-refractivity contribution in [1.29, 1.82) is 0 Å². The van der Waals surface area contributed by atoms with Gasteiger partial charge in [-0.3, -0.25) is 0 Å². The number of nitrogens with one attached hydrogen (secondary N) is 1. The molecule has 110 valence electrons. The van der Waals surface area contributed by atoms with Crippen LogP contribution in [0.2, 0.25) is 5.02 Å². The van der Waals surface area contributed by atoms with Crippen molar-refractivity contribution >= 4 is 24.2 Å². The summed E-state index contributed by atoms with van der Waals surface area (Å²) in [5.74, 6) is 0.773. The molecule has 6 heteroatoms. The topological polar surface area (TPSA) is 47.1 Å². The second-order valence-corrected chi connectivity index (χ2v) is 6.74. The minimum absolute atomic E-state index is 0.370. The van der Waals surface area contributed by atoms with Gasteiger partial charge in [0.05, 0.1) is 11.2 Å². The molecule has 2 heterocycles. The maximum atomic E-state index is 6.23. The third kappa shape index (κ3) is 2.61. The summed E-state index contributed by atoms with van der Waals surface area (Å²) in [4.78, 5) is 7.34. The van der Waals surface area contributed by atoms with Crippen LogP contribution in [0.1, 0.15) is 27.7 Å². The first-order chi connectivity index (χ1) is 9.78. The molecule has 0 spiro atoms. The normalized spacial score (nSPS) is 20.0. The molecule has 4 nitrogen and oxygen atoms in total. The fraction of sp³-hybridized carbons (Fsp3) is 0.400. The Kier molecular flexibility index (Phi) is 3.39. The number of aromatic amines is 1. The lowest BCUT2D eigenvalue weighted by atomic mass is 9.78. The van der Waals surface area contributed by atoms with Gasteiger partial charge in [-0.05, 0) is 45.3 Å². The van der Waals surface area contributed by atoms with E-state index in [-0.39, 0.29) is 11.2 Å². The molecule has 0 atom stereocenters. The summed E-state index contributed by atoms with van der Waals surface area (Å²) in [5.41, 5.74) is 1.07. The molecule has 0 unspecified atom stereocenters. The van der Waals surface area contributed by atoms with E-state index in [0.717, 1.165) is 16.9 Å². The fourth-order valence-corrected chi connectivity index (χ4v) is 2.53. The van der Waals surface area contributed by atoms with Crippen molar-refractivity contribution in [3.8, 4) is 11.4 Å². The molecule has 0 radical (unpaired) electrons. The predicted octanol–water partition coefficient (Wildman–Crippen LogP) is 3.03. The zero-order valence-corrected chi connectivity index (χ0v) is 13.4. The van der Waals surface area contributed by atoms with E-state index < -0.39 is 7.12 Å². The molecule has 1 aromatic carbocycles. The summed E-state index contributed by atoms with van der Waals surface area (Å²) in [6.07, 6.45) is 3.50. The minimum Gasteiger partial charge on any atom is -0.399 e. The van der Waals surface area contributed by atoms with E-state index in [0.29, 0.717) is 5.02 Å². The van der Waals surface area contributed by atoms with Crippen LogP contribution in [0.4, 0.5) is 0 Å². The molecule has 1 aliphatic heterocycles. The highest BCUT2D eigenvalue weighted by molar-refractivity contribution is 6.62. The zero-order valence-electron chi connectivity index (χ0n) is 12.6.